The fraction of sp³-hybridized carbons (Fsp3) is 0.542. The Balaban J connectivity index is 2.94. The summed E-state index contributed by atoms with van der Waals surface area (Å²) in [6.45, 7) is 2.41. The molecule has 6 N–H and O–H groups in total. The topological polar surface area (TPSA) is 206 Å². The Kier molecular flexibility index (Phi) is 13.6. The van der Waals surface area contributed by atoms with E-state index in [1.807, 2.05) is 0 Å². The van der Waals surface area contributed by atoms with Crippen molar-refractivity contribution in [2.45, 2.75) is 64.5 Å². The van der Waals surface area contributed by atoms with Gasteiger partial charge in [-0.1, -0.05) is 6.07 Å². The molecule has 38 heavy (non-hydrogen) atoms. The first-order valence-electron chi connectivity index (χ1n) is 12.0. The molecule has 0 spiro atoms. The molecule has 0 aliphatic rings. The van der Waals surface area contributed by atoms with Gasteiger partial charge in [0, 0.05) is 26.9 Å². The van der Waals surface area contributed by atoms with Gasteiger partial charge < -0.3 is 25.6 Å². The number of amides is 4. The second kappa shape index (κ2) is 16.0. The summed E-state index contributed by atoms with van der Waals surface area (Å²) in [4.78, 5) is 60.4. The number of methoxy groups -OCH3 is 1. The number of ether oxygens (including phenoxy) is 1. The van der Waals surface area contributed by atoms with E-state index < -0.39 is 53.2 Å². The first-order valence-corrected chi connectivity index (χ1v) is 12.0. The third kappa shape index (κ3) is 10.6. The minimum Gasteiger partial charge on any atom is -0.504 e. The number of phenolic OH excluding ortho intramolecular Hbond substituents is 2. The van der Waals surface area contributed by atoms with E-state index in [1.54, 1.807) is 0 Å². The predicted octanol–water partition coefficient (Wildman–Crippen LogP) is 0.670. The molecule has 0 unspecified atom stereocenters. The Labute approximate surface area is 220 Å². The maximum atomic E-state index is 13.1. The molecule has 0 heterocycles. The summed E-state index contributed by atoms with van der Waals surface area (Å²) in [6.07, 6.45) is 1.43. The van der Waals surface area contributed by atoms with E-state index in [9.17, 15) is 44.6 Å². The average molecular weight is 541 g/mol. The van der Waals surface area contributed by atoms with Crippen LogP contribution in [0.15, 0.2) is 18.2 Å². The standard InChI is InChI=1S/C24H36N4O10/c1-15(29)27(36)13-6-4-10-18(25-22(33)17-9-8-12-20(31)21(17)32)23(34)26-19(24(35)38-3)11-5-7-14-28(37)16(2)30/h8-9,12,18-19,31-32,36-37H,4-7,10-11,13-14H2,1-3H3,(H,25,33)(H,26,34)/t18-,19+/m1/s1. The van der Waals surface area contributed by atoms with Crippen LogP contribution in [0, 0.1) is 0 Å². The number of para-hydroxylation sites is 1. The van der Waals surface area contributed by atoms with E-state index in [0.29, 0.717) is 29.4 Å². The fourth-order valence-electron chi connectivity index (χ4n) is 3.42. The molecule has 0 aromatic heterocycles. The van der Waals surface area contributed by atoms with E-state index in [2.05, 4.69) is 10.6 Å². The van der Waals surface area contributed by atoms with Crippen LogP contribution >= 0.6 is 0 Å². The number of nitrogens with zero attached hydrogens (tertiary/aromatic N) is 2. The predicted molar refractivity (Wildman–Crippen MR) is 131 cm³/mol. The molecule has 212 valence electrons. The van der Waals surface area contributed by atoms with Crippen molar-refractivity contribution >= 4 is 29.6 Å². The maximum Gasteiger partial charge on any atom is 0.328 e. The van der Waals surface area contributed by atoms with E-state index in [4.69, 9.17) is 4.74 Å². The Morgan fingerprint density at radius 3 is 1.87 bits per heavy atom. The highest BCUT2D eigenvalue weighted by Gasteiger charge is 2.28. The molecule has 1 rings (SSSR count). The molecule has 0 aliphatic heterocycles. The van der Waals surface area contributed by atoms with Crippen LogP contribution in [0.25, 0.3) is 0 Å². The molecule has 0 saturated carbocycles. The van der Waals surface area contributed by atoms with Crippen molar-refractivity contribution in [3.05, 3.63) is 23.8 Å². The largest absolute Gasteiger partial charge is 0.504 e. The minimum absolute atomic E-state index is 0.00210. The number of hydroxylamine groups is 4. The van der Waals surface area contributed by atoms with E-state index in [1.165, 1.54) is 32.0 Å². The van der Waals surface area contributed by atoms with Crippen LogP contribution in [-0.2, 0) is 23.9 Å². The number of hydrogen-bond acceptors (Lipinski definition) is 10. The van der Waals surface area contributed by atoms with Gasteiger partial charge in [-0.05, 0) is 50.7 Å². The molecule has 4 amide bonds. The highest BCUT2D eigenvalue weighted by Crippen LogP contribution is 2.28. The van der Waals surface area contributed by atoms with Crippen molar-refractivity contribution in [2.75, 3.05) is 20.2 Å². The molecule has 0 saturated heterocycles. The van der Waals surface area contributed by atoms with Gasteiger partial charge in [0.05, 0.1) is 12.7 Å². The summed E-state index contributed by atoms with van der Waals surface area (Å²) in [7, 11) is 1.15. The van der Waals surface area contributed by atoms with Crippen LogP contribution in [-0.4, -0.2) is 92.6 Å². The molecule has 0 fully saturated rings. The van der Waals surface area contributed by atoms with Gasteiger partial charge >= 0.3 is 5.97 Å². The first kappa shape index (κ1) is 32.1. The summed E-state index contributed by atoms with van der Waals surface area (Å²) in [5, 5.41) is 44.7. The number of rotatable bonds is 15. The summed E-state index contributed by atoms with van der Waals surface area (Å²) in [5.74, 6) is -4.60. The minimum atomic E-state index is -1.19. The lowest BCUT2D eigenvalue weighted by molar-refractivity contribution is -0.163. The number of carbonyl (C=O) groups excluding carboxylic acids is 5. The van der Waals surface area contributed by atoms with Crippen molar-refractivity contribution in [1.29, 1.82) is 0 Å². The normalized spacial score (nSPS) is 12.1. The summed E-state index contributed by atoms with van der Waals surface area (Å²) >= 11 is 0. The van der Waals surface area contributed by atoms with Gasteiger partial charge in [-0.15, -0.1) is 0 Å². The van der Waals surface area contributed by atoms with E-state index in [-0.39, 0.29) is 37.9 Å². The Bertz CT molecular complexity index is 987. The lowest BCUT2D eigenvalue weighted by Gasteiger charge is -2.23. The molecular formula is C24H36N4O10. The Hall–Kier alpha value is -3.91. The lowest BCUT2D eigenvalue weighted by atomic mass is 10.0. The third-order valence-electron chi connectivity index (χ3n) is 5.64. The van der Waals surface area contributed by atoms with Crippen LogP contribution in [0.5, 0.6) is 11.5 Å². The van der Waals surface area contributed by atoms with Gasteiger partial charge in [-0.2, -0.15) is 0 Å². The quantitative estimate of drug-likeness (QED) is 0.0602. The zero-order chi connectivity index (χ0) is 28.8. The zero-order valence-corrected chi connectivity index (χ0v) is 21.7. The molecule has 1 aromatic carbocycles. The molecular weight excluding hydrogens is 504 g/mol. The number of carbonyl (C=O) groups is 5. The van der Waals surface area contributed by atoms with Crippen molar-refractivity contribution in [3.63, 3.8) is 0 Å². The molecule has 0 aliphatic carbocycles. The molecule has 14 nitrogen and oxygen atoms in total. The van der Waals surface area contributed by atoms with Gasteiger partial charge in [0.25, 0.3) is 5.91 Å². The number of aromatic hydroxyl groups is 2. The van der Waals surface area contributed by atoms with Crippen LogP contribution in [0.4, 0.5) is 0 Å². The number of hydrogen-bond donors (Lipinski definition) is 6. The van der Waals surface area contributed by atoms with E-state index >= 15 is 0 Å². The van der Waals surface area contributed by atoms with Gasteiger partial charge in [-0.25, -0.2) is 14.9 Å². The van der Waals surface area contributed by atoms with Gasteiger partial charge in [0.2, 0.25) is 17.7 Å². The van der Waals surface area contributed by atoms with Crippen molar-refractivity contribution < 1.29 is 49.3 Å². The second-order valence-corrected chi connectivity index (χ2v) is 8.56. The summed E-state index contributed by atoms with van der Waals surface area (Å²) < 4.78 is 4.76. The molecule has 14 heteroatoms. The van der Waals surface area contributed by atoms with Crippen molar-refractivity contribution in [2.24, 2.45) is 0 Å². The summed E-state index contributed by atoms with van der Waals surface area (Å²) in [6, 6.07) is 1.49. The molecule has 0 bridgehead atoms. The average Bonchev–Trinajstić information content (AvgIpc) is 2.87. The van der Waals surface area contributed by atoms with Crippen LogP contribution in [0.3, 0.4) is 0 Å². The Morgan fingerprint density at radius 1 is 0.842 bits per heavy atom. The highest BCUT2D eigenvalue weighted by atomic mass is 16.5. The van der Waals surface area contributed by atoms with Crippen LogP contribution < -0.4 is 10.6 Å². The maximum absolute atomic E-state index is 13.1. The van der Waals surface area contributed by atoms with E-state index in [0.717, 1.165) is 7.11 Å². The monoisotopic (exact) mass is 540 g/mol. The highest BCUT2D eigenvalue weighted by molar-refractivity contribution is 6.00. The van der Waals surface area contributed by atoms with Gasteiger partial charge in [-0.3, -0.25) is 29.6 Å². The zero-order valence-electron chi connectivity index (χ0n) is 21.7. The van der Waals surface area contributed by atoms with Gasteiger partial charge in [0.15, 0.2) is 11.5 Å². The number of benzene rings is 1. The van der Waals surface area contributed by atoms with Crippen LogP contribution in [0.2, 0.25) is 0 Å². The Morgan fingerprint density at radius 2 is 1.37 bits per heavy atom. The molecule has 1 aromatic rings. The number of unbranched alkanes of at least 4 members (excludes halogenated alkanes) is 2. The fourth-order valence-corrected chi connectivity index (χ4v) is 3.42. The number of nitrogens with one attached hydrogen (secondary N) is 2. The SMILES string of the molecule is COC(=O)[C@H](CCCCN(O)C(C)=O)NC(=O)[C@@H](CCCCN(O)C(C)=O)NC(=O)c1cccc(O)c1O. The van der Waals surface area contributed by atoms with Crippen molar-refractivity contribution in [1.82, 2.24) is 20.8 Å². The molecule has 0 radical (unpaired) electrons. The smallest absolute Gasteiger partial charge is 0.328 e. The first-order chi connectivity index (χ1) is 17.9. The summed E-state index contributed by atoms with van der Waals surface area (Å²) in [5.41, 5.74) is -0.274. The second-order valence-electron chi connectivity index (χ2n) is 8.56. The number of esters is 1. The number of phenols is 2. The van der Waals surface area contributed by atoms with Crippen LogP contribution in [0.1, 0.15) is 62.7 Å². The van der Waals surface area contributed by atoms with Gasteiger partial charge in [0.1, 0.15) is 12.1 Å². The van der Waals surface area contributed by atoms with Crippen molar-refractivity contribution in [3.8, 4) is 11.5 Å². The third-order valence-corrected chi connectivity index (χ3v) is 5.64. The lowest BCUT2D eigenvalue weighted by Crippen LogP contribution is -2.51. The molecule has 2 atom stereocenters.